The van der Waals surface area contributed by atoms with Gasteiger partial charge in [0.05, 0.1) is 12.2 Å². The van der Waals surface area contributed by atoms with Gasteiger partial charge in [0.1, 0.15) is 5.37 Å². The molecule has 1 atom stereocenters. The average Bonchev–Trinajstić information content (AvgIpc) is 3.33. The number of halogens is 2. The normalized spacial score (nSPS) is 24.5. The van der Waals surface area contributed by atoms with E-state index in [1.54, 1.807) is 29.2 Å². The van der Waals surface area contributed by atoms with Crippen molar-refractivity contribution >= 4 is 53.6 Å². The van der Waals surface area contributed by atoms with Crippen molar-refractivity contribution in [1.82, 2.24) is 20.6 Å². The monoisotopic (exact) mass is 545 g/mol. The number of esters is 1. The van der Waals surface area contributed by atoms with E-state index in [1.807, 2.05) is 12.1 Å². The highest BCUT2D eigenvalue weighted by molar-refractivity contribution is 8.14. The number of amides is 2. The minimum absolute atomic E-state index is 0. The number of hydrogen-bond donors (Lipinski definition) is 2. The number of urea groups is 1. The van der Waals surface area contributed by atoms with E-state index in [0.717, 1.165) is 68.6 Å². The lowest BCUT2D eigenvalue weighted by molar-refractivity contribution is -0.141. The molecule has 2 fully saturated rings. The Morgan fingerprint density at radius 3 is 2.57 bits per heavy atom. The molecule has 0 radical (unpaired) electrons. The summed E-state index contributed by atoms with van der Waals surface area (Å²) in [6, 6.07) is 3.71. The van der Waals surface area contributed by atoms with E-state index in [4.69, 9.17) is 9.84 Å². The highest BCUT2D eigenvalue weighted by atomic mass is 35.5. The van der Waals surface area contributed by atoms with Crippen LogP contribution in [0.4, 0.5) is 4.79 Å². The van der Waals surface area contributed by atoms with Gasteiger partial charge in [-0.25, -0.2) is 9.80 Å². The van der Waals surface area contributed by atoms with Gasteiger partial charge in [-0.2, -0.15) is 5.10 Å². The van der Waals surface area contributed by atoms with Gasteiger partial charge in [-0.05, 0) is 81.5 Å². The lowest BCUT2D eigenvalue weighted by atomic mass is 9.80. The lowest BCUT2D eigenvalue weighted by Crippen LogP contribution is -2.45. The SMILES string of the molecule is COC(=O)CC[C@H]1CC[C@H](C2=NN(C(=O)NCc3cccnc3)C(C3CCNCC3)S2)CC1.Cl.Cl. The number of ether oxygens (including phenoxy) is 1. The van der Waals surface area contributed by atoms with E-state index in [0.29, 0.717) is 30.7 Å². The van der Waals surface area contributed by atoms with Crippen molar-refractivity contribution in [2.45, 2.75) is 63.3 Å². The quantitative estimate of drug-likeness (QED) is 0.486. The minimum Gasteiger partial charge on any atom is -0.469 e. The number of nitrogens with zero attached hydrogens (tertiary/aromatic N) is 3. The number of aromatic nitrogens is 1. The number of thioether (sulfide) groups is 1. The van der Waals surface area contributed by atoms with Gasteiger partial charge in [-0.1, -0.05) is 17.8 Å². The third-order valence-corrected chi connectivity index (χ3v) is 8.51. The maximum absolute atomic E-state index is 13.1. The van der Waals surface area contributed by atoms with Crippen LogP contribution in [0.2, 0.25) is 0 Å². The second kappa shape index (κ2) is 14.9. The number of methoxy groups -OCH3 is 1. The molecule has 2 N–H and O–H groups in total. The Morgan fingerprint density at radius 2 is 1.91 bits per heavy atom. The molecular formula is C24H37Cl2N5O3S. The average molecular weight is 547 g/mol. The molecule has 1 aromatic rings. The smallest absolute Gasteiger partial charge is 0.339 e. The summed E-state index contributed by atoms with van der Waals surface area (Å²) in [6.07, 6.45) is 11.4. The molecule has 2 aliphatic heterocycles. The van der Waals surface area contributed by atoms with Crippen molar-refractivity contribution in [3.8, 4) is 0 Å². The summed E-state index contributed by atoms with van der Waals surface area (Å²) in [5.74, 6) is 1.31. The first kappa shape index (κ1) is 29.7. The van der Waals surface area contributed by atoms with Crippen molar-refractivity contribution < 1.29 is 14.3 Å². The first-order valence-electron chi connectivity index (χ1n) is 12.1. The van der Waals surface area contributed by atoms with Crippen LogP contribution in [-0.2, 0) is 16.1 Å². The molecule has 1 saturated heterocycles. The Balaban J connectivity index is 0.00000216. The van der Waals surface area contributed by atoms with Crippen molar-refractivity contribution in [1.29, 1.82) is 0 Å². The van der Waals surface area contributed by atoms with E-state index in [-0.39, 0.29) is 42.2 Å². The van der Waals surface area contributed by atoms with Gasteiger partial charge in [0.25, 0.3) is 0 Å². The molecule has 8 nitrogen and oxygen atoms in total. The molecule has 1 saturated carbocycles. The van der Waals surface area contributed by atoms with Crippen molar-refractivity contribution in [3.63, 3.8) is 0 Å². The number of piperidine rings is 1. The fourth-order valence-corrected chi connectivity index (χ4v) is 6.53. The third kappa shape index (κ3) is 8.23. The zero-order valence-electron chi connectivity index (χ0n) is 20.2. The Kier molecular flexibility index (Phi) is 12.6. The molecule has 35 heavy (non-hydrogen) atoms. The van der Waals surface area contributed by atoms with Gasteiger partial charge < -0.3 is 15.4 Å². The fourth-order valence-electron chi connectivity index (χ4n) is 5.01. The first-order valence-corrected chi connectivity index (χ1v) is 13.0. The van der Waals surface area contributed by atoms with E-state index in [2.05, 4.69) is 15.6 Å². The van der Waals surface area contributed by atoms with E-state index < -0.39 is 0 Å². The fraction of sp³-hybridized carbons (Fsp3) is 0.667. The largest absolute Gasteiger partial charge is 0.469 e. The van der Waals surface area contributed by atoms with Gasteiger partial charge in [-0.15, -0.1) is 24.8 Å². The van der Waals surface area contributed by atoms with Gasteiger partial charge in [0, 0.05) is 31.3 Å². The summed E-state index contributed by atoms with van der Waals surface area (Å²) in [4.78, 5) is 28.7. The number of hydrazone groups is 1. The van der Waals surface area contributed by atoms with Crippen molar-refractivity contribution in [2.24, 2.45) is 22.9 Å². The molecule has 3 heterocycles. The van der Waals surface area contributed by atoms with Crippen LogP contribution in [0.1, 0.15) is 56.9 Å². The third-order valence-electron chi connectivity index (χ3n) is 7.03. The van der Waals surface area contributed by atoms with Crippen LogP contribution < -0.4 is 10.6 Å². The molecule has 1 unspecified atom stereocenters. The second-order valence-corrected chi connectivity index (χ2v) is 10.4. The maximum atomic E-state index is 13.1. The Hall–Kier alpha value is -1.55. The molecule has 4 rings (SSSR count). The second-order valence-electron chi connectivity index (χ2n) is 9.23. The molecular weight excluding hydrogens is 509 g/mol. The number of hydrogen-bond acceptors (Lipinski definition) is 7. The number of carbonyl (C=O) groups excluding carboxylic acids is 2. The maximum Gasteiger partial charge on any atom is 0.339 e. The zero-order chi connectivity index (χ0) is 23.0. The van der Waals surface area contributed by atoms with Gasteiger partial charge in [0.15, 0.2) is 0 Å². The van der Waals surface area contributed by atoms with Crippen LogP contribution in [0.25, 0.3) is 0 Å². The predicted molar refractivity (Wildman–Crippen MR) is 144 cm³/mol. The van der Waals surface area contributed by atoms with Gasteiger partial charge >= 0.3 is 12.0 Å². The van der Waals surface area contributed by atoms with Gasteiger partial charge in [0.2, 0.25) is 0 Å². The standard InChI is InChI=1S/C24H35N5O3S.2ClH/c1-32-21(30)9-6-17-4-7-19(8-5-17)22-28-29(23(33-22)20-10-13-25-14-11-20)24(31)27-16-18-3-2-12-26-15-18;;/h2-3,12,15,17,19-20,23,25H,4-11,13-14,16H2,1H3,(H,27,31);2*1H/t17-,19-,23?;;. The van der Waals surface area contributed by atoms with Crippen molar-refractivity contribution in [3.05, 3.63) is 30.1 Å². The molecule has 196 valence electrons. The number of rotatable bonds is 7. The summed E-state index contributed by atoms with van der Waals surface area (Å²) in [5, 5.41) is 14.2. The molecule has 0 aromatic carbocycles. The minimum atomic E-state index is -0.128. The highest BCUT2D eigenvalue weighted by Crippen LogP contribution is 2.42. The lowest BCUT2D eigenvalue weighted by Gasteiger charge is -2.32. The highest BCUT2D eigenvalue weighted by Gasteiger charge is 2.41. The van der Waals surface area contributed by atoms with Crippen LogP contribution in [0.3, 0.4) is 0 Å². The van der Waals surface area contributed by atoms with E-state index >= 15 is 0 Å². The molecule has 1 aliphatic carbocycles. The van der Waals surface area contributed by atoms with Crippen molar-refractivity contribution in [2.75, 3.05) is 20.2 Å². The summed E-state index contributed by atoms with van der Waals surface area (Å²) >= 11 is 1.81. The summed E-state index contributed by atoms with van der Waals surface area (Å²) < 4.78 is 4.78. The predicted octanol–water partition coefficient (Wildman–Crippen LogP) is 4.58. The number of nitrogens with one attached hydrogen (secondary N) is 2. The van der Waals surface area contributed by atoms with Crippen LogP contribution in [0.15, 0.2) is 29.6 Å². The topological polar surface area (TPSA) is 95.9 Å². The molecule has 11 heteroatoms. The van der Waals surface area contributed by atoms with E-state index in [9.17, 15) is 9.59 Å². The van der Waals surface area contributed by atoms with Crippen LogP contribution in [0.5, 0.6) is 0 Å². The van der Waals surface area contributed by atoms with Crippen LogP contribution in [-0.4, -0.2) is 52.6 Å². The first-order chi connectivity index (χ1) is 16.1. The van der Waals surface area contributed by atoms with Gasteiger partial charge in [-0.3, -0.25) is 9.78 Å². The molecule has 3 aliphatic rings. The molecule has 0 bridgehead atoms. The Morgan fingerprint density at radius 1 is 1.17 bits per heavy atom. The Labute approximate surface area is 224 Å². The summed E-state index contributed by atoms with van der Waals surface area (Å²) in [6.45, 7) is 2.43. The van der Waals surface area contributed by atoms with E-state index in [1.165, 1.54) is 7.11 Å². The number of carbonyl (C=O) groups is 2. The van der Waals surface area contributed by atoms with Crippen LogP contribution >= 0.6 is 36.6 Å². The molecule has 0 spiro atoms. The van der Waals surface area contributed by atoms with Crippen LogP contribution in [0, 0.1) is 17.8 Å². The molecule has 2 amide bonds. The Bertz CT molecular complexity index is 834. The summed E-state index contributed by atoms with van der Waals surface area (Å²) in [5.41, 5.74) is 0.977. The number of pyridine rings is 1. The zero-order valence-corrected chi connectivity index (χ0v) is 22.6. The summed E-state index contributed by atoms with van der Waals surface area (Å²) in [7, 11) is 1.45. The molecule has 1 aromatic heterocycles.